The molecule has 130 valence electrons. The number of para-hydroxylation sites is 2. The molecule has 0 spiro atoms. The van der Waals surface area contributed by atoms with E-state index in [1.54, 1.807) is 38.1 Å². The number of ether oxygens (including phenoxy) is 1. The third-order valence-corrected chi connectivity index (χ3v) is 4.06. The highest BCUT2D eigenvalue weighted by molar-refractivity contribution is 6.01. The number of hydrogen-bond acceptors (Lipinski definition) is 4. The summed E-state index contributed by atoms with van der Waals surface area (Å²) < 4.78 is 5.27. The molecule has 1 saturated heterocycles. The number of amides is 2. The van der Waals surface area contributed by atoms with Gasteiger partial charge in [-0.2, -0.15) is 0 Å². The van der Waals surface area contributed by atoms with E-state index in [0.29, 0.717) is 11.4 Å². The third-order valence-electron chi connectivity index (χ3n) is 4.06. The van der Waals surface area contributed by atoms with E-state index >= 15 is 0 Å². The highest BCUT2D eigenvalue weighted by Crippen LogP contribution is 2.33. The summed E-state index contributed by atoms with van der Waals surface area (Å²) in [6.45, 7) is 3.38. The predicted molar refractivity (Wildman–Crippen MR) is 87.9 cm³/mol. The zero-order chi connectivity index (χ0) is 17.9. The molecule has 1 fully saturated rings. The molecular formula is C17H22N2O5. The number of carboxylic acid groups (broad SMARTS) is 1. The summed E-state index contributed by atoms with van der Waals surface area (Å²) in [6, 6.07) is 6.87. The van der Waals surface area contributed by atoms with Crippen LogP contribution in [-0.2, 0) is 14.4 Å². The average Bonchev–Trinajstić information content (AvgIpc) is 2.93. The Morgan fingerprint density at radius 3 is 2.62 bits per heavy atom. The molecule has 7 nitrogen and oxygen atoms in total. The van der Waals surface area contributed by atoms with Crippen molar-refractivity contribution in [1.82, 2.24) is 4.90 Å². The molecule has 0 radical (unpaired) electrons. The van der Waals surface area contributed by atoms with Gasteiger partial charge in [0, 0.05) is 19.0 Å². The molecule has 1 atom stereocenters. The highest BCUT2D eigenvalue weighted by atomic mass is 16.5. The van der Waals surface area contributed by atoms with Crippen LogP contribution >= 0.6 is 0 Å². The Kier molecular flexibility index (Phi) is 5.43. The zero-order valence-electron chi connectivity index (χ0n) is 14.1. The molecule has 1 aromatic carbocycles. The number of methoxy groups -OCH3 is 1. The Hall–Kier alpha value is -2.57. The van der Waals surface area contributed by atoms with Gasteiger partial charge in [-0.3, -0.25) is 14.4 Å². The molecule has 1 aromatic rings. The molecule has 0 aromatic heterocycles. The second-order valence-corrected chi connectivity index (χ2v) is 6.03. The van der Waals surface area contributed by atoms with Crippen LogP contribution in [0.15, 0.2) is 24.3 Å². The van der Waals surface area contributed by atoms with Crippen molar-refractivity contribution in [3.63, 3.8) is 0 Å². The normalized spacial score (nSPS) is 17.2. The number of rotatable bonds is 6. The van der Waals surface area contributed by atoms with E-state index in [2.05, 4.69) is 0 Å². The molecule has 2 rings (SSSR count). The van der Waals surface area contributed by atoms with Crippen molar-refractivity contribution >= 4 is 23.5 Å². The molecule has 0 bridgehead atoms. The molecule has 1 heterocycles. The van der Waals surface area contributed by atoms with Crippen LogP contribution in [0.25, 0.3) is 0 Å². The van der Waals surface area contributed by atoms with Crippen LogP contribution in [-0.4, -0.2) is 54.0 Å². The van der Waals surface area contributed by atoms with Crippen molar-refractivity contribution in [1.29, 1.82) is 0 Å². The first-order chi connectivity index (χ1) is 11.3. The molecule has 24 heavy (non-hydrogen) atoms. The second kappa shape index (κ2) is 7.33. The van der Waals surface area contributed by atoms with Crippen LogP contribution in [0.3, 0.4) is 0 Å². The monoisotopic (exact) mass is 334 g/mol. The fourth-order valence-electron chi connectivity index (χ4n) is 2.85. The van der Waals surface area contributed by atoms with E-state index in [-0.39, 0.29) is 37.4 Å². The number of carbonyl (C=O) groups is 3. The Morgan fingerprint density at radius 1 is 1.38 bits per heavy atom. The van der Waals surface area contributed by atoms with Gasteiger partial charge >= 0.3 is 5.97 Å². The number of hydrogen-bond donors (Lipinski definition) is 1. The van der Waals surface area contributed by atoms with Crippen molar-refractivity contribution in [2.75, 3.05) is 25.1 Å². The molecule has 7 heteroatoms. The van der Waals surface area contributed by atoms with Gasteiger partial charge in [-0.25, -0.2) is 0 Å². The van der Waals surface area contributed by atoms with E-state index in [0.717, 1.165) is 0 Å². The second-order valence-electron chi connectivity index (χ2n) is 6.03. The minimum absolute atomic E-state index is 0.0692. The largest absolute Gasteiger partial charge is 0.495 e. The lowest BCUT2D eigenvalue weighted by molar-refractivity contribution is -0.147. The molecule has 0 aliphatic carbocycles. The van der Waals surface area contributed by atoms with E-state index in [1.807, 2.05) is 0 Å². The lowest BCUT2D eigenvalue weighted by Crippen LogP contribution is -2.44. The van der Waals surface area contributed by atoms with E-state index in [1.165, 1.54) is 16.9 Å². The number of aliphatic carboxylic acids is 1. The topological polar surface area (TPSA) is 87.2 Å². The Labute approximate surface area is 140 Å². The van der Waals surface area contributed by atoms with Crippen molar-refractivity contribution in [3.8, 4) is 5.75 Å². The summed E-state index contributed by atoms with van der Waals surface area (Å²) in [4.78, 5) is 38.8. The molecule has 2 amide bonds. The van der Waals surface area contributed by atoms with Crippen molar-refractivity contribution in [3.05, 3.63) is 24.3 Å². The first kappa shape index (κ1) is 17.8. The fourth-order valence-corrected chi connectivity index (χ4v) is 2.85. The SMILES string of the molecule is COc1ccccc1N1CC(C(=O)N(CC(=O)O)C(C)C)CC1=O. The van der Waals surface area contributed by atoms with Gasteiger partial charge in [0.1, 0.15) is 12.3 Å². The lowest BCUT2D eigenvalue weighted by Gasteiger charge is -2.27. The number of anilines is 1. The van der Waals surface area contributed by atoms with Crippen molar-refractivity contribution in [2.24, 2.45) is 5.92 Å². The fraction of sp³-hybridized carbons (Fsp3) is 0.471. The zero-order valence-corrected chi connectivity index (χ0v) is 14.1. The van der Waals surface area contributed by atoms with Crippen molar-refractivity contribution in [2.45, 2.75) is 26.3 Å². The van der Waals surface area contributed by atoms with Crippen LogP contribution in [0.1, 0.15) is 20.3 Å². The minimum atomic E-state index is -1.07. The Morgan fingerprint density at radius 2 is 2.04 bits per heavy atom. The molecule has 1 N–H and O–H groups in total. The van der Waals surface area contributed by atoms with Crippen LogP contribution < -0.4 is 9.64 Å². The van der Waals surface area contributed by atoms with Gasteiger partial charge in [-0.05, 0) is 26.0 Å². The Balaban J connectivity index is 2.19. The van der Waals surface area contributed by atoms with Gasteiger partial charge in [0.05, 0.1) is 18.7 Å². The number of carboxylic acids is 1. The number of benzene rings is 1. The van der Waals surface area contributed by atoms with Gasteiger partial charge in [-0.15, -0.1) is 0 Å². The summed E-state index contributed by atoms with van der Waals surface area (Å²) in [5.41, 5.74) is 0.620. The van der Waals surface area contributed by atoms with Crippen molar-refractivity contribution < 1.29 is 24.2 Å². The molecule has 1 aliphatic heterocycles. The molecule has 0 saturated carbocycles. The molecule has 1 unspecified atom stereocenters. The summed E-state index contributed by atoms with van der Waals surface area (Å²) in [6.07, 6.45) is 0.0692. The van der Waals surface area contributed by atoms with Gasteiger partial charge in [0.25, 0.3) is 0 Å². The maximum Gasteiger partial charge on any atom is 0.323 e. The molecular weight excluding hydrogens is 312 g/mol. The maximum absolute atomic E-state index is 12.7. The summed E-state index contributed by atoms with van der Waals surface area (Å²) in [7, 11) is 1.52. The van der Waals surface area contributed by atoms with Crippen LogP contribution in [0.5, 0.6) is 5.75 Å². The first-order valence-corrected chi connectivity index (χ1v) is 7.80. The summed E-state index contributed by atoms with van der Waals surface area (Å²) in [5, 5.41) is 8.99. The predicted octanol–water partition coefficient (Wildman–Crippen LogP) is 1.37. The smallest absolute Gasteiger partial charge is 0.323 e. The van der Waals surface area contributed by atoms with Gasteiger partial charge in [-0.1, -0.05) is 12.1 Å². The molecule has 1 aliphatic rings. The van der Waals surface area contributed by atoms with Crippen LogP contribution in [0.4, 0.5) is 5.69 Å². The average molecular weight is 334 g/mol. The summed E-state index contributed by atoms with van der Waals surface area (Å²) >= 11 is 0. The standard InChI is InChI=1S/C17H22N2O5/c1-11(2)18(10-16(21)22)17(23)12-8-15(20)19(9-12)13-6-4-5-7-14(13)24-3/h4-7,11-12H,8-10H2,1-3H3,(H,21,22). The van der Waals surface area contributed by atoms with Gasteiger partial charge < -0.3 is 19.6 Å². The van der Waals surface area contributed by atoms with E-state index in [9.17, 15) is 14.4 Å². The van der Waals surface area contributed by atoms with Gasteiger partial charge in [0.2, 0.25) is 11.8 Å². The maximum atomic E-state index is 12.7. The highest BCUT2D eigenvalue weighted by Gasteiger charge is 2.39. The number of nitrogens with zero attached hydrogens (tertiary/aromatic N) is 2. The summed E-state index contributed by atoms with van der Waals surface area (Å²) in [5.74, 6) is -1.53. The third kappa shape index (κ3) is 3.67. The van der Waals surface area contributed by atoms with Crippen LogP contribution in [0.2, 0.25) is 0 Å². The lowest BCUT2D eigenvalue weighted by atomic mass is 10.1. The van der Waals surface area contributed by atoms with E-state index < -0.39 is 11.9 Å². The van der Waals surface area contributed by atoms with E-state index in [4.69, 9.17) is 9.84 Å². The van der Waals surface area contributed by atoms with Crippen LogP contribution in [0, 0.1) is 5.92 Å². The Bertz CT molecular complexity index is 644. The first-order valence-electron chi connectivity index (χ1n) is 7.80. The minimum Gasteiger partial charge on any atom is -0.495 e. The quantitative estimate of drug-likeness (QED) is 0.849. The van der Waals surface area contributed by atoms with Gasteiger partial charge in [0.15, 0.2) is 0 Å². The number of carbonyl (C=O) groups excluding carboxylic acids is 2.